The van der Waals surface area contributed by atoms with E-state index < -0.39 is 0 Å². The van der Waals surface area contributed by atoms with Gasteiger partial charge in [0.25, 0.3) is 0 Å². The SMILES string of the molecule is C=CC(C)/C(N=CC)=C(/C)NC. The van der Waals surface area contributed by atoms with Crippen LogP contribution >= 0.6 is 0 Å². The first-order valence-electron chi connectivity index (χ1n) is 4.17. The van der Waals surface area contributed by atoms with E-state index in [1.54, 1.807) is 6.21 Å². The zero-order valence-electron chi connectivity index (χ0n) is 8.39. The van der Waals surface area contributed by atoms with E-state index in [1.807, 2.05) is 27.0 Å². The molecule has 0 aliphatic carbocycles. The summed E-state index contributed by atoms with van der Waals surface area (Å²) in [6.07, 6.45) is 3.69. The summed E-state index contributed by atoms with van der Waals surface area (Å²) in [5.74, 6) is 0.300. The standard InChI is InChI=1S/C10H18N2/c1-6-8(3)10(12-7-2)9(4)11-5/h6-8,11H,1H2,2-5H3/b10-9+,12-7?. The number of allylic oxidation sites excluding steroid dienone is 2. The Morgan fingerprint density at radius 2 is 2.17 bits per heavy atom. The maximum atomic E-state index is 4.29. The molecule has 2 nitrogen and oxygen atoms in total. The summed E-state index contributed by atoms with van der Waals surface area (Å²) >= 11 is 0. The molecule has 0 spiro atoms. The molecule has 1 unspecified atom stereocenters. The van der Waals surface area contributed by atoms with Gasteiger partial charge in [-0.25, -0.2) is 0 Å². The molecule has 0 aliphatic rings. The van der Waals surface area contributed by atoms with Crippen LogP contribution in [0.15, 0.2) is 29.0 Å². The first-order valence-corrected chi connectivity index (χ1v) is 4.17. The molecular formula is C10H18N2. The lowest BCUT2D eigenvalue weighted by molar-refractivity contribution is 0.799. The van der Waals surface area contributed by atoms with Crippen molar-refractivity contribution >= 4 is 6.21 Å². The van der Waals surface area contributed by atoms with Crippen molar-refractivity contribution in [3.05, 3.63) is 24.0 Å². The number of nitrogens with zero attached hydrogens (tertiary/aromatic N) is 1. The van der Waals surface area contributed by atoms with Crippen LogP contribution in [-0.4, -0.2) is 13.3 Å². The van der Waals surface area contributed by atoms with Crippen molar-refractivity contribution in [3.8, 4) is 0 Å². The lowest BCUT2D eigenvalue weighted by Gasteiger charge is -2.10. The maximum Gasteiger partial charge on any atom is 0.0650 e. The second-order valence-corrected chi connectivity index (χ2v) is 2.67. The van der Waals surface area contributed by atoms with Gasteiger partial charge >= 0.3 is 0 Å². The first-order chi connectivity index (χ1) is 5.67. The number of rotatable bonds is 4. The molecule has 0 rings (SSSR count). The first kappa shape index (κ1) is 11.0. The normalized spacial score (nSPS) is 15.7. The molecule has 0 amide bonds. The summed E-state index contributed by atoms with van der Waals surface area (Å²) in [6, 6.07) is 0. The van der Waals surface area contributed by atoms with Crippen LogP contribution in [-0.2, 0) is 0 Å². The Hall–Kier alpha value is -1.05. The highest BCUT2D eigenvalue weighted by molar-refractivity contribution is 5.55. The van der Waals surface area contributed by atoms with Gasteiger partial charge in [0.15, 0.2) is 0 Å². The summed E-state index contributed by atoms with van der Waals surface area (Å²) in [5.41, 5.74) is 2.15. The van der Waals surface area contributed by atoms with Gasteiger partial charge in [0, 0.05) is 24.9 Å². The van der Waals surface area contributed by atoms with Crippen LogP contribution < -0.4 is 5.32 Å². The van der Waals surface area contributed by atoms with E-state index in [0.717, 1.165) is 11.4 Å². The molecule has 0 bridgehead atoms. The van der Waals surface area contributed by atoms with Gasteiger partial charge in [-0.2, -0.15) is 0 Å². The third kappa shape index (κ3) is 2.91. The molecule has 12 heavy (non-hydrogen) atoms. The molecule has 0 saturated carbocycles. The molecule has 0 radical (unpaired) electrons. The smallest absolute Gasteiger partial charge is 0.0650 e. The largest absolute Gasteiger partial charge is 0.390 e. The van der Waals surface area contributed by atoms with E-state index in [1.165, 1.54) is 0 Å². The molecule has 0 fully saturated rings. The van der Waals surface area contributed by atoms with Crippen LogP contribution in [0.3, 0.4) is 0 Å². The zero-order valence-corrected chi connectivity index (χ0v) is 8.39. The van der Waals surface area contributed by atoms with Gasteiger partial charge in [0.05, 0.1) is 5.70 Å². The van der Waals surface area contributed by atoms with Crippen LogP contribution in [0.25, 0.3) is 0 Å². The van der Waals surface area contributed by atoms with Gasteiger partial charge in [-0.3, -0.25) is 4.99 Å². The van der Waals surface area contributed by atoms with Gasteiger partial charge in [-0.1, -0.05) is 13.0 Å². The molecule has 68 valence electrons. The van der Waals surface area contributed by atoms with E-state index in [2.05, 4.69) is 23.8 Å². The molecule has 0 heterocycles. The fourth-order valence-corrected chi connectivity index (χ4v) is 0.935. The molecule has 0 saturated heterocycles. The van der Waals surface area contributed by atoms with E-state index in [9.17, 15) is 0 Å². The Labute approximate surface area is 75.1 Å². The highest BCUT2D eigenvalue weighted by Crippen LogP contribution is 2.15. The quantitative estimate of drug-likeness (QED) is 0.503. The third-order valence-electron chi connectivity index (χ3n) is 1.81. The van der Waals surface area contributed by atoms with Gasteiger partial charge < -0.3 is 5.32 Å². The van der Waals surface area contributed by atoms with Crippen molar-refractivity contribution in [2.75, 3.05) is 7.05 Å². The summed E-state index contributed by atoms with van der Waals surface area (Å²) in [6.45, 7) is 9.76. The maximum absolute atomic E-state index is 4.29. The Kier molecular flexibility index (Phi) is 5.09. The van der Waals surface area contributed by atoms with Gasteiger partial charge in [-0.05, 0) is 13.8 Å². The fourth-order valence-electron chi connectivity index (χ4n) is 0.935. The molecular weight excluding hydrogens is 148 g/mol. The average Bonchev–Trinajstić information content (AvgIpc) is 2.11. The summed E-state index contributed by atoms with van der Waals surface area (Å²) < 4.78 is 0. The van der Waals surface area contributed by atoms with Crippen LogP contribution in [0.4, 0.5) is 0 Å². The Morgan fingerprint density at radius 1 is 1.58 bits per heavy atom. The lowest BCUT2D eigenvalue weighted by Crippen LogP contribution is -2.08. The molecule has 0 aliphatic heterocycles. The predicted molar refractivity (Wildman–Crippen MR) is 55.3 cm³/mol. The minimum atomic E-state index is 0.300. The Morgan fingerprint density at radius 3 is 2.50 bits per heavy atom. The Balaban J connectivity index is 4.76. The molecule has 1 atom stereocenters. The van der Waals surface area contributed by atoms with Crippen LogP contribution in [0.5, 0.6) is 0 Å². The minimum absolute atomic E-state index is 0.300. The van der Waals surface area contributed by atoms with Gasteiger partial charge in [0.1, 0.15) is 0 Å². The highest BCUT2D eigenvalue weighted by Gasteiger charge is 2.05. The van der Waals surface area contributed by atoms with Crippen molar-refractivity contribution < 1.29 is 0 Å². The zero-order chi connectivity index (χ0) is 9.56. The van der Waals surface area contributed by atoms with Crippen LogP contribution in [0, 0.1) is 5.92 Å². The molecule has 1 N–H and O–H groups in total. The number of hydrogen-bond donors (Lipinski definition) is 1. The lowest BCUT2D eigenvalue weighted by atomic mass is 10.1. The van der Waals surface area contributed by atoms with E-state index in [4.69, 9.17) is 0 Å². The number of nitrogens with one attached hydrogen (secondary N) is 1. The molecule has 2 heteroatoms. The second kappa shape index (κ2) is 5.58. The van der Waals surface area contributed by atoms with Crippen molar-refractivity contribution in [2.24, 2.45) is 10.9 Å². The topological polar surface area (TPSA) is 24.4 Å². The molecule has 0 aromatic heterocycles. The average molecular weight is 166 g/mol. The summed E-state index contributed by atoms with van der Waals surface area (Å²) in [5, 5.41) is 3.08. The van der Waals surface area contributed by atoms with Crippen LogP contribution in [0.1, 0.15) is 20.8 Å². The summed E-state index contributed by atoms with van der Waals surface area (Å²) in [4.78, 5) is 4.29. The third-order valence-corrected chi connectivity index (χ3v) is 1.81. The molecule has 0 aromatic carbocycles. The summed E-state index contributed by atoms with van der Waals surface area (Å²) in [7, 11) is 1.90. The Bertz CT molecular complexity index is 202. The van der Waals surface area contributed by atoms with Gasteiger partial charge in [-0.15, -0.1) is 6.58 Å². The molecule has 0 aromatic rings. The van der Waals surface area contributed by atoms with Crippen molar-refractivity contribution in [1.29, 1.82) is 0 Å². The minimum Gasteiger partial charge on any atom is -0.390 e. The second-order valence-electron chi connectivity index (χ2n) is 2.67. The van der Waals surface area contributed by atoms with E-state index >= 15 is 0 Å². The number of hydrogen-bond acceptors (Lipinski definition) is 2. The monoisotopic (exact) mass is 166 g/mol. The fraction of sp³-hybridized carbons (Fsp3) is 0.500. The van der Waals surface area contributed by atoms with Crippen molar-refractivity contribution in [3.63, 3.8) is 0 Å². The van der Waals surface area contributed by atoms with Crippen molar-refractivity contribution in [2.45, 2.75) is 20.8 Å². The predicted octanol–water partition coefficient (Wildman–Crippen LogP) is 2.35. The van der Waals surface area contributed by atoms with Crippen molar-refractivity contribution in [1.82, 2.24) is 5.32 Å². The van der Waals surface area contributed by atoms with E-state index in [-0.39, 0.29) is 0 Å². The van der Waals surface area contributed by atoms with Crippen LogP contribution in [0.2, 0.25) is 0 Å². The number of aliphatic imine (C=N–C) groups is 1. The van der Waals surface area contributed by atoms with Gasteiger partial charge in [0.2, 0.25) is 0 Å². The van der Waals surface area contributed by atoms with E-state index in [0.29, 0.717) is 5.92 Å². The highest BCUT2D eigenvalue weighted by atomic mass is 14.9.